The van der Waals surface area contributed by atoms with Crippen molar-refractivity contribution in [2.24, 2.45) is 11.8 Å². The normalized spacial score (nSPS) is 18.1. The molecule has 6 rings (SSSR count). The van der Waals surface area contributed by atoms with Crippen LogP contribution in [0.3, 0.4) is 0 Å². The lowest BCUT2D eigenvalue weighted by Gasteiger charge is -2.33. The van der Waals surface area contributed by atoms with Gasteiger partial charge in [0, 0.05) is 31.3 Å². The minimum absolute atomic E-state index is 0.112. The van der Waals surface area contributed by atoms with Crippen LogP contribution in [0.25, 0.3) is 22.3 Å². The Morgan fingerprint density at radius 2 is 1.52 bits per heavy atom. The van der Waals surface area contributed by atoms with Gasteiger partial charge in [-0.15, -0.1) is 0 Å². The number of alkyl carbamates (subject to hydrolysis) is 1. The van der Waals surface area contributed by atoms with Crippen LogP contribution in [-0.4, -0.2) is 103 Å². The Morgan fingerprint density at radius 1 is 0.889 bits per heavy atom. The number of methoxy groups -OCH3 is 1. The molecule has 4 N–H and O–H groups in total. The number of rotatable bonds is 9. The predicted octanol–water partition coefficient (Wildman–Crippen LogP) is 5.69. The first-order valence-corrected chi connectivity index (χ1v) is 18.4. The van der Waals surface area contributed by atoms with Gasteiger partial charge in [0.05, 0.1) is 42.1 Å². The molecule has 4 aromatic rings. The lowest BCUT2D eigenvalue weighted by atomic mass is 10.0. The average molecular weight is 737 g/mol. The van der Waals surface area contributed by atoms with E-state index in [1.807, 2.05) is 70.2 Å². The number of aromatic nitrogens is 4. The molecule has 4 heterocycles. The Hall–Kier alpha value is -5.84. The van der Waals surface area contributed by atoms with E-state index in [9.17, 15) is 24.3 Å². The summed E-state index contributed by atoms with van der Waals surface area (Å²) in [6.45, 7) is 8.62. The first kappa shape index (κ1) is 37.9. The Labute approximate surface area is 314 Å². The van der Waals surface area contributed by atoms with E-state index in [1.54, 1.807) is 16.0 Å². The molecule has 54 heavy (non-hydrogen) atoms. The van der Waals surface area contributed by atoms with E-state index in [1.165, 1.54) is 14.2 Å². The van der Waals surface area contributed by atoms with Crippen molar-refractivity contribution < 1.29 is 29.0 Å². The molecule has 2 saturated heterocycles. The number of nitrogens with zero attached hydrogens (tertiary/aromatic N) is 5. The van der Waals surface area contributed by atoms with Gasteiger partial charge in [-0.3, -0.25) is 14.5 Å². The van der Waals surface area contributed by atoms with Crippen LogP contribution in [0.4, 0.5) is 9.59 Å². The Bertz CT molecular complexity index is 2080. The molecule has 0 saturated carbocycles. The Balaban J connectivity index is 1.13. The van der Waals surface area contributed by atoms with Gasteiger partial charge < -0.3 is 34.9 Å². The van der Waals surface area contributed by atoms with E-state index in [4.69, 9.17) is 9.72 Å². The third kappa shape index (κ3) is 7.90. The number of ether oxygens (including phenoxy) is 1. The number of carboxylic acid groups (broad SMARTS) is 1. The summed E-state index contributed by atoms with van der Waals surface area (Å²) < 4.78 is 4.74. The highest BCUT2D eigenvalue weighted by Crippen LogP contribution is 2.34. The fourth-order valence-electron chi connectivity index (χ4n) is 7.49. The summed E-state index contributed by atoms with van der Waals surface area (Å²) in [6.07, 6.45) is 3.16. The van der Waals surface area contributed by atoms with Gasteiger partial charge in [-0.05, 0) is 73.4 Å². The number of aromatic amines is 2. The first-order chi connectivity index (χ1) is 25.9. The number of benzene rings is 2. The van der Waals surface area contributed by atoms with E-state index in [2.05, 4.69) is 32.1 Å². The average Bonchev–Trinajstić information content (AvgIpc) is 3.98. The van der Waals surface area contributed by atoms with Gasteiger partial charge in [-0.25, -0.2) is 19.6 Å². The molecule has 284 valence electrons. The maximum absolute atomic E-state index is 13.6. The van der Waals surface area contributed by atoms with Crippen molar-refractivity contribution in [3.05, 3.63) is 71.4 Å². The lowest BCUT2D eigenvalue weighted by Crippen LogP contribution is -2.51. The molecule has 0 spiro atoms. The van der Waals surface area contributed by atoms with Crippen molar-refractivity contribution in [3.63, 3.8) is 0 Å². The van der Waals surface area contributed by atoms with E-state index in [-0.39, 0.29) is 35.7 Å². The molecule has 4 amide bonds. The molecule has 0 radical (unpaired) electrons. The second-order valence-electron chi connectivity index (χ2n) is 14.7. The van der Waals surface area contributed by atoms with Crippen LogP contribution in [0.5, 0.6) is 0 Å². The largest absolute Gasteiger partial charge is 0.465 e. The zero-order chi connectivity index (χ0) is 38.7. The molecule has 1 unspecified atom stereocenters. The van der Waals surface area contributed by atoms with Gasteiger partial charge in [0.1, 0.15) is 23.7 Å². The highest BCUT2D eigenvalue weighted by atomic mass is 16.5. The van der Waals surface area contributed by atoms with Gasteiger partial charge in [0.15, 0.2) is 0 Å². The van der Waals surface area contributed by atoms with Gasteiger partial charge in [0.2, 0.25) is 11.8 Å². The number of carbonyl (C=O) groups excluding carboxylic acids is 3. The molecule has 2 aromatic heterocycles. The van der Waals surface area contributed by atoms with Crippen LogP contribution >= 0.6 is 0 Å². The van der Waals surface area contributed by atoms with Gasteiger partial charge in [-0.1, -0.05) is 51.7 Å². The quantitative estimate of drug-likeness (QED) is 0.158. The highest BCUT2D eigenvalue weighted by molar-refractivity contribution is 5.87. The van der Waals surface area contributed by atoms with Crippen molar-refractivity contribution in [1.82, 2.24) is 40.0 Å². The number of likely N-dealkylation sites (tertiary alicyclic amines) is 2. The summed E-state index contributed by atoms with van der Waals surface area (Å²) >= 11 is 0. The second-order valence-corrected chi connectivity index (χ2v) is 14.7. The van der Waals surface area contributed by atoms with Gasteiger partial charge in [-0.2, -0.15) is 0 Å². The first-order valence-electron chi connectivity index (χ1n) is 18.4. The minimum atomic E-state index is -1.13. The monoisotopic (exact) mass is 736 g/mol. The topological polar surface area (TPSA) is 177 Å². The SMILES string of the molecule is COC(=O)N[C@H](C(=O)N1CCCC1c1ncc(-c2ccc(C#Cc3ccc4nc([C@@H]5CCCN5C(=O)[C@H](C(C)C)N(C)C(=O)O)[nH]c4c3)cc2)[nH]1)C(C)C. The minimum Gasteiger partial charge on any atom is -0.465 e. The molecule has 2 aliphatic heterocycles. The van der Waals surface area contributed by atoms with E-state index in [0.29, 0.717) is 24.7 Å². The molecular weight excluding hydrogens is 688 g/mol. The number of likely N-dealkylation sites (N-methyl/N-ethyl adjacent to an activating group) is 1. The van der Waals surface area contributed by atoms with Crippen molar-refractivity contribution in [2.45, 2.75) is 77.5 Å². The van der Waals surface area contributed by atoms with E-state index >= 15 is 0 Å². The Morgan fingerprint density at radius 3 is 2.15 bits per heavy atom. The maximum Gasteiger partial charge on any atom is 0.407 e. The predicted molar refractivity (Wildman–Crippen MR) is 202 cm³/mol. The maximum atomic E-state index is 13.6. The second kappa shape index (κ2) is 16.0. The standard InChI is InChI=1S/C40H48N8O6/c1-23(2)33(45-39(51)54-6)37(49)47-19-7-9-31(47)35-41-22-30(44-35)27-16-13-25(14-17-27)11-12-26-15-18-28-29(21-26)43-36(42-28)32-10-8-20-48(32)38(50)34(24(3)4)46(5)40(52)53/h13-18,21-24,31-34H,7-10,19-20H2,1-6H3,(H,41,44)(H,42,43)(H,45,51)(H,52,53)/t31?,32-,33-,34-/m0/s1. The van der Waals surface area contributed by atoms with Crippen LogP contribution in [0.1, 0.15) is 88.2 Å². The highest BCUT2D eigenvalue weighted by Gasteiger charge is 2.40. The molecule has 0 bridgehead atoms. The zero-order valence-corrected chi connectivity index (χ0v) is 31.6. The number of hydrogen-bond acceptors (Lipinski definition) is 7. The summed E-state index contributed by atoms with van der Waals surface area (Å²) in [5.74, 6) is 7.22. The number of imidazole rings is 2. The lowest BCUT2D eigenvalue weighted by molar-refractivity contribution is -0.138. The van der Waals surface area contributed by atoms with E-state index < -0.39 is 24.3 Å². The van der Waals surface area contributed by atoms with Gasteiger partial charge >= 0.3 is 12.2 Å². The molecular formula is C40H48N8O6. The number of fused-ring (bicyclic) bond motifs is 1. The summed E-state index contributed by atoms with van der Waals surface area (Å²) in [4.78, 5) is 71.6. The molecule has 2 fully saturated rings. The van der Waals surface area contributed by atoms with Crippen molar-refractivity contribution in [3.8, 4) is 23.1 Å². The van der Waals surface area contributed by atoms with Crippen LogP contribution < -0.4 is 5.32 Å². The fraction of sp³-hybridized carbons (Fsp3) is 0.450. The van der Waals surface area contributed by atoms with E-state index in [0.717, 1.165) is 64.0 Å². The Kier molecular flexibility index (Phi) is 11.3. The molecule has 0 aliphatic carbocycles. The summed E-state index contributed by atoms with van der Waals surface area (Å²) in [6, 6.07) is 11.7. The molecule has 4 atom stereocenters. The van der Waals surface area contributed by atoms with Crippen LogP contribution in [-0.2, 0) is 14.3 Å². The molecule has 2 aliphatic rings. The number of H-pyrrole nitrogens is 2. The van der Waals surface area contributed by atoms with Crippen LogP contribution in [0.15, 0.2) is 48.7 Å². The van der Waals surface area contributed by atoms with Crippen molar-refractivity contribution in [1.29, 1.82) is 0 Å². The third-order valence-electron chi connectivity index (χ3n) is 10.3. The number of carbonyl (C=O) groups is 4. The summed E-state index contributed by atoms with van der Waals surface area (Å²) in [5, 5.41) is 12.3. The van der Waals surface area contributed by atoms with Crippen molar-refractivity contribution >= 4 is 35.0 Å². The van der Waals surface area contributed by atoms with Crippen LogP contribution in [0, 0.1) is 23.7 Å². The van der Waals surface area contributed by atoms with Gasteiger partial charge in [0.25, 0.3) is 0 Å². The summed E-state index contributed by atoms with van der Waals surface area (Å²) in [7, 11) is 2.72. The fourth-order valence-corrected chi connectivity index (χ4v) is 7.49. The van der Waals surface area contributed by atoms with Crippen LogP contribution in [0.2, 0.25) is 0 Å². The molecule has 14 nitrogen and oxygen atoms in total. The number of nitrogens with one attached hydrogen (secondary N) is 3. The number of amides is 4. The number of hydrogen-bond donors (Lipinski definition) is 4. The van der Waals surface area contributed by atoms with Crippen molar-refractivity contribution in [2.75, 3.05) is 27.2 Å². The zero-order valence-electron chi connectivity index (χ0n) is 31.6. The third-order valence-corrected chi connectivity index (χ3v) is 10.3. The molecule has 14 heteroatoms. The molecule has 2 aromatic carbocycles. The smallest absolute Gasteiger partial charge is 0.407 e. The summed E-state index contributed by atoms with van der Waals surface area (Å²) in [5.41, 5.74) is 4.98.